The second-order valence-corrected chi connectivity index (χ2v) is 4.66. The molecule has 0 radical (unpaired) electrons. The number of fused-ring (bicyclic) bond motifs is 1. The fourth-order valence-corrected chi connectivity index (χ4v) is 2.23. The van der Waals surface area contributed by atoms with E-state index < -0.39 is 5.97 Å². The molecular weight excluding hydrogens is 266 g/mol. The first-order valence-corrected chi connectivity index (χ1v) is 6.46. The van der Waals surface area contributed by atoms with Crippen molar-refractivity contribution in [3.8, 4) is 0 Å². The number of anilines is 2. The third-order valence-corrected chi connectivity index (χ3v) is 3.26. The average Bonchev–Trinajstić information content (AvgIpc) is 2.47. The van der Waals surface area contributed by atoms with Gasteiger partial charge in [0, 0.05) is 28.9 Å². The summed E-state index contributed by atoms with van der Waals surface area (Å²) in [5, 5.41) is 14.3. The van der Waals surface area contributed by atoms with E-state index in [1.807, 2.05) is 24.3 Å². The monoisotopic (exact) mass is 279 g/mol. The number of hydrogen-bond acceptors (Lipinski definition) is 4. The maximum atomic E-state index is 11.0. The predicted molar refractivity (Wildman–Crippen MR) is 81.0 cm³/mol. The second-order valence-electron chi connectivity index (χ2n) is 4.66. The van der Waals surface area contributed by atoms with Crippen LogP contribution in [0.15, 0.2) is 48.8 Å². The van der Waals surface area contributed by atoms with E-state index in [-0.39, 0.29) is 5.56 Å². The van der Waals surface area contributed by atoms with Crippen LogP contribution in [-0.2, 0) is 0 Å². The fourth-order valence-electron chi connectivity index (χ4n) is 2.23. The Labute approximate surface area is 121 Å². The number of hydrogen-bond donors (Lipinski definition) is 2. The number of rotatable bonds is 3. The van der Waals surface area contributed by atoms with Gasteiger partial charge in [-0.25, -0.2) is 9.78 Å². The van der Waals surface area contributed by atoms with Crippen molar-refractivity contribution in [2.24, 2.45) is 0 Å². The van der Waals surface area contributed by atoms with Crippen molar-refractivity contribution < 1.29 is 9.90 Å². The molecule has 0 saturated carbocycles. The molecule has 0 aliphatic rings. The van der Waals surface area contributed by atoms with Crippen LogP contribution >= 0.6 is 0 Å². The number of aromatic carboxylic acids is 1. The van der Waals surface area contributed by atoms with Gasteiger partial charge < -0.3 is 10.4 Å². The molecule has 0 spiro atoms. The first kappa shape index (κ1) is 13.1. The molecule has 2 heterocycles. The van der Waals surface area contributed by atoms with Gasteiger partial charge in [-0.05, 0) is 31.2 Å². The largest absolute Gasteiger partial charge is 0.478 e. The summed E-state index contributed by atoms with van der Waals surface area (Å²) >= 11 is 0. The molecule has 0 amide bonds. The Bertz CT molecular complexity index is 825. The smallest absolute Gasteiger partial charge is 0.337 e. The zero-order valence-electron chi connectivity index (χ0n) is 11.4. The molecule has 3 rings (SSSR count). The van der Waals surface area contributed by atoms with Gasteiger partial charge in [0.25, 0.3) is 0 Å². The van der Waals surface area contributed by atoms with E-state index in [1.54, 1.807) is 31.5 Å². The molecule has 0 fully saturated rings. The summed E-state index contributed by atoms with van der Waals surface area (Å²) in [7, 11) is 0. The molecule has 0 saturated heterocycles. The van der Waals surface area contributed by atoms with Gasteiger partial charge in [-0.15, -0.1) is 0 Å². The summed E-state index contributed by atoms with van der Waals surface area (Å²) in [6.45, 7) is 1.68. The van der Waals surface area contributed by atoms with Crippen LogP contribution in [0.5, 0.6) is 0 Å². The van der Waals surface area contributed by atoms with Crippen molar-refractivity contribution in [1.29, 1.82) is 0 Å². The number of aromatic nitrogens is 2. The lowest BCUT2D eigenvalue weighted by Gasteiger charge is -2.10. The summed E-state index contributed by atoms with van der Waals surface area (Å²) in [5.41, 5.74) is 1.60. The summed E-state index contributed by atoms with van der Waals surface area (Å²) in [6, 6.07) is 11.0. The molecule has 2 N–H and O–H groups in total. The van der Waals surface area contributed by atoms with Crippen LogP contribution < -0.4 is 5.32 Å². The van der Waals surface area contributed by atoms with E-state index in [1.165, 1.54) is 0 Å². The molecule has 1 aromatic carbocycles. The molecule has 0 bridgehead atoms. The maximum Gasteiger partial charge on any atom is 0.337 e. The van der Waals surface area contributed by atoms with Gasteiger partial charge in [-0.1, -0.05) is 12.1 Å². The van der Waals surface area contributed by atoms with E-state index >= 15 is 0 Å². The summed E-state index contributed by atoms with van der Waals surface area (Å²) < 4.78 is 0. The van der Waals surface area contributed by atoms with Crippen molar-refractivity contribution >= 4 is 28.2 Å². The van der Waals surface area contributed by atoms with Crippen LogP contribution in [-0.4, -0.2) is 21.0 Å². The highest BCUT2D eigenvalue weighted by molar-refractivity contribution is 5.94. The Morgan fingerprint density at radius 1 is 1.19 bits per heavy atom. The highest BCUT2D eigenvalue weighted by Gasteiger charge is 2.09. The average molecular weight is 279 g/mol. The number of carbonyl (C=O) groups is 1. The van der Waals surface area contributed by atoms with Crippen molar-refractivity contribution in [2.75, 3.05) is 5.32 Å². The summed E-state index contributed by atoms with van der Waals surface area (Å²) in [4.78, 5) is 19.4. The topological polar surface area (TPSA) is 75.1 Å². The number of pyridine rings is 2. The molecule has 21 heavy (non-hydrogen) atoms. The number of nitrogens with zero attached hydrogens (tertiary/aromatic N) is 2. The first-order valence-electron chi connectivity index (χ1n) is 6.46. The zero-order chi connectivity index (χ0) is 14.8. The van der Waals surface area contributed by atoms with Crippen LogP contribution in [0, 0.1) is 6.92 Å². The van der Waals surface area contributed by atoms with Crippen LogP contribution in [0.1, 0.15) is 16.1 Å². The highest BCUT2D eigenvalue weighted by Crippen LogP contribution is 2.25. The van der Waals surface area contributed by atoms with Crippen molar-refractivity contribution in [2.45, 2.75) is 6.92 Å². The normalized spacial score (nSPS) is 10.5. The minimum Gasteiger partial charge on any atom is -0.478 e. The minimum atomic E-state index is -0.970. The van der Waals surface area contributed by atoms with Crippen molar-refractivity contribution in [1.82, 2.24) is 9.97 Å². The third kappa shape index (κ3) is 2.53. The van der Waals surface area contributed by atoms with E-state index in [0.717, 1.165) is 16.5 Å². The van der Waals surface area contributed by atoms with Gasteiger partial charge in [-0.3, -0.25) is 4.98 Å². The van der Waals surface area contributed by atoms with Gasteiger partial charge in [0.1, 0.15) is 5.82 Å². The summed E-state index contributed by atoms with van der Waals surface area (Å²) in [5.74, 6) is -0.357. The van der Waals surface area contributed by atoms with Crippen LogP contribution in [0.2, 0.25) is 0 Å². The van der Waals surface area contributed by atoms with Gasteiger partial charge >= 0.3 is 5.97 Å². The lowest BCUT2D eigenvalue weighted by atomic mass is 10.1. The Hall–Kier alpha value is -2.95. The maximum absolute atomic E-state index is 11.0. The van der Waals surface area contributed by atoms with Crippen molar-refractivity contribution in [3.63, 3.8) is 0 Å². The lowest BCUT2D eigenvalue weighted by molar-refractivity contribution is 0.0695. The van der Waals surface area contributed by atoms with Crippen LogP contribution in [0.4, 0.5) is 11.5 Å². The number of nitrogens with one attached hydrogen (secondary N) is 1. The SMILES string of the molecule is Cc1nc(Nc2cccc3cnccc23)ccc1C(=O)O. The molecule has 0 unspecified atom stereocenters. The number of aryl methyl sites for hydroxylation is 1. The van der Waals surface area contributed by atoms with Crippen LogP contribution in [0.25, 0.3) is 10.8 Å². The van der Waals surface area contributed by atoms with Gasteiger partial charge in [0.2, 0.25) is 0 Å². The van der Waals surface area contributed by atoms with Crippen molar-refractivity contribution in [3.05, 3.63) is 60.0 Å². The van der Waals surface area contributed by atoms with E-state index in [0.29, 0.717) is 11.5 Å². The number of carboxylic acid groups (broad SMARTS) is 1. The van der Waals surface area contributed by atoms with E-state index in [4.69, 9.17) is 5.11 Å². The predicted octanol–water partition coefficient (Wildman–Crippen LogP) is 3.38. The molecule has 5 heteroatoms. The standard InChI is InChI=1S/C16H13N3O2/c1-10-12(16(20)21)5-6-15(18-10)19-14-4-2-3-11-9-17-8-7-13(11)14/h2-9H,1H3,(H,18,19)(H,20,21). The molecular formula is C16H13N3O2. The molecule has 104 valence electrons. The third-order valence-electron chi connectivity index (χ3n) is 3.26. The Morgan fingerprint density at radius 2 is 2.05 bits per heavy atom. The Balaban J connectivity index is 1.99. The Kier molecular flexibility index (Phi) is 3.23. The zero-order valence-corrected chi connectivity index (χ0v) is 11.4. The lowest BCUT2D eigenvalue weighted by Crippen LogP contribution is -2.03. The minimum absolute atomic E-state index is 0.211. The molecule has 5 nitrogen and oxygen atoms in total. The van der Waals surface area contributed by atoms with Gasteiger partial charge in [-0.2, -0.15) is 0 Å². The van der Waals surface area contributed by atoms with Gasteiger partial charge in [0.15, 0.2) is 0 Å². The first-order chi connectivity index (χ1) is 10.1. The fraction of sp³-hybridized carbons (Fsp3) is 0.0625. The van der Waals surface area contributed by atoms with Gasteiger partial charge in [0.05, 0.1) is 11.3 Å². The van der Waals surface area contributed by atoms with E-state index in [9.17, 15) is 4.79 Å². The molecule has 2 aromatic heterocycles. The van der Waals surface area contributed by atoms with Crippen LogP contribution in [0.3, 0.4) is 0 Å². The molecule has 3 aromatic rings. The molecule has 0 aliphatic carbocycles. The highest BCUT2D eigenvalue weighted by atomic mass is 16.4. The number of carboxylic acids is 1. The quantitative estimate of drug-likeness (QED) is 0.768. The summed E-state index contributed by atoms with van der Waals surface area (Å²) in [6.07, 6.45) is 3.53. The molecule has 0 atom stereocenters. The molecule has 0 aliphatic heterocycles. The van der Waals surface area contributed by atoms with E-state index in [2.05, 4.69) is 15.3 Å². The second kappa shape index (κ2) is 5.20. The number of benzene rings is 1. The Morgan fingerprint density at radius 3 is 2.81 bits per heavy atom.